The molecule has 0 saturated carbocycles. The van der Waals surface area contributed by atoms with E-state index in [0.29, 0.717) is 17.2 Å². The van der Waals surface area contributed by atoms with Crippen LogP contribution in [0.5, 0.6) is 0 Å². The van der Waals surface area contributed by atoms with E-state index in [9.17, 15) is 4.79 Å². The number of carbonyl (C=O) groups is 1. The molecule has 0 spiro atoms. The third-order valence-electron chi connectivity index (χ3n) is 1.90. The Kier molecular flexibility index (Phi) is 4.59. The monoisotopic (exact) mass is 228 g/mol. The van der Waals surface area contributed by atoms with Crippen LogP contribution in [0.25, 0.3) is 0 Å². The van der Waals surface area contributed by atoms with Crippen molar-refractivity contribution in [3.63, 3.8) is 0 Å². The maximum Gasteiger partial charge on any atom is 0.338 e. The van der Waals surface area contributed by atoms with Crippen molar-refractivity contribution in [3.8, 4) is 0 Å². The molecule has 4 heteroatoms. The fourth-order valence-electron chi connectivity index (χ4n) is 1.05. The molecule has 1 aromatic rings. The van der Waals surface area contributed by atoms with Crippen molar-refractivity contribution in [1.29, 1.82) is 0 Å². The molecule has 1 rings (SSSR count). The molecule has 1 N–H and O–H groups in total. The van der Waals surface area contributed by atoms with E-state index >= 15 is 0 Å². The number of carbonyl (C=O) groups excluding carboxylic acids is 1. The zero-order valence-corrected chi connectivity index (χ0v) is 9.67. The third kappa shape index (κ3) is 4.32. The number of quaternary nitrogens is 1. The minimum Gasteiger partial charge on any atom is -0.456 e. The molecule has 0 atom stereocenters. The molecular weight excluding hydrogens is 214 g/mol. The Morgan fingerprint density at radius 2 is 2.20 bits per heavy atom. The highest BCUT2D eigenvalue weighted by atomic mass is 35.5. The Morgan fingerprint density at radius 3 is 2.80 bits per heavy atom. The molecule has 0 unspecified atom stereocenters. The summed E-state index contributed by atoms with van der Waals surface area (Å²) in [6.07, 6.45) is 0. The summed E-state index contributed by atoms with van der Waals surface area (Å²) in [5.41, 5.74) is 0.497. The summed E-state index contributed by atoms with van der Waals surface area (Å²) in [6.45, 7) is 1.22. The van der Waals surface area contributed by atoms with Crippen molar-refractivity contribution in [2.45, 2.75) is 0 Å². The molecule has 0 bridgehead atoms. The average Bonchev–Trinajstić information content (AvgIpc) is 2.17. The minimum atomic E-state index is -0.321. The summed E-state index contributed by atoms with van der Waals surface area (Å²) in [6, 6.07) is 6.75. The quantitative estimate of drug-likeness (QED) is 0.767. The summed E-state index contributed by atoms with van der Waals surface area (Å²) in [5, 5.41) is 0.544. The molecular formula is C11H15ClNO2+. The molecule has 3 nitrogen and oxygen atoms in total. The largest absolute Gasteiger partial charge is 0.456 e. The highest BCUT2D eigenvalue weighted by Crippen LogP contribution is 2.11. The highest BCUT2D eigenvalue weighted by Gasteiger charge is 2.07. The summed E-state index contributed by atoms with van der Waals surface area (Å²) >= 11 is 5.76. The van der Waals surface area contributed by atoms with Crippen molar-refractivity contribution in [2.24, 2.45) is 0 Å². The lowest BCUT2D eigenvalue weighted by molar-refractivity contribution is -0.858. The molecule has 0 heterocycles. The smallest absolute Gasteiger partial charge is 0.338 e. The van der Waals surface area contributed by atoms with Gasteiger partial charge in [0.25, 0.3) is 0 Å². The highest BCUT2D eigenvalue weighted by molar-refractivity contribution is 6.30. The van der Waals surface area contributed by atoms with Crippen LogP contribution in [0.15, 0.2) is 24.3 Å². The molecule has 0 amide bonds. The standard InChI is InChI=1S/C11H14ClNO2/c1-13(2)6-7-15-11(14)9-4-3-5-10(12)8-9/h3-5,8H,6-7H2,1-2H3/p+1. The van der Waals surface area contributed by atoms with Crippen molar-refractivity contribution in [3.05, 3.63) is 34.9 Å². The fourth-order valence-corrected chi connectivity index (χ4v) is 1.24. The average molecular weight is 229 g/mol. The van der Waals surface area contributed by atoms with Gasteiger partial charge < -0.3 is 9.64 Å². The van der Waals surface area contributed by atoms with E-state index in [4.69, 9.17) is 16.3 Å². The second-order valence-electron chi connectivity index (χ2n) is 3.60. The SMILES string of the molecule is C[NH+](C)CCOC(=O)c1cccc(Cl)c1. The predicted molar refractivity (Wildman–Crippen MR) is 59.4 cm³/mol. The first kappa shape index (κ1) is 12.0. The first-order valence-corrected chi connectivity index (χ1v) is 5.19. The van der Waals surface area contributed by atoms with Gasteiger partial charge in [0.1, 0.15) is 13.2 Å². The van der Waals surface area contributed by atoms with Crippen LogP contribution in [0.1, 0.15) is 10.4 Å². The second-order valence-corrected chi connectivity index (χ2v) is 4.04. The van der Waals surface area contributed by atoms with Gasteiger partial charge in [0.2, 0.25) is 0 Å². The number of hydrogen-bond acceptors (Lipinski definition) is 2. The Bertz CT molecular complexity index is 339. The summed E-state index contributed by atoms with van der Waals surface area (Å²) < 4.78 is 5.08. The van der Waals surface area contributed by atoms with E-state index in [0.717, 1.165) is 6.54 Å². The van der Waals surface area contributed by atoms with Gasteiger partial charge in [0.15, 0.2) is 0 Å². The van der Waals surface area contributed by atoms with Crippen LogP contribution in [0, 0.1) is 0 Å². The topological polar surface area (TPSA) is 30.7 Å². The van der Waals surface area contributed by atoms with Crippen LogP contribution < -0.4 is 4.90 Å². The second kappa shape index (κ2) is 5.73. The van der Waals surface area contributed by atoms with Crippen LogP contribution in [-0.2, 0) is 4.74 Å². The lowest BCUT2D eigenvalue weighted by Gasteiger charge is -2.07. The van der Waals surface area contributed by atoms with Gasteiger partial charge in [-0.1, -0.05) is 17.7 Å². The first-order chi connectivity index (χ1) is 7.09. The molecule has 0 aliphatic carbocycles. The number of rotatable bonds is 4. The fraction of sp³-hybridized carbons (Fsp3) is 0.364. The van der Waals surface area contributed by atoms with E-state index in [1.165, 1.54) is 4.90 Å². The normalized spacial score (nSPS) is 10.4. The van der Waals surface area contributed by atoms with Crippen molar-refractivity contribution in [1.82, 2.24) is 0 Å². The minimum absolute atomic E-state index is 0.321. The molecule has 0 aliphatic rings. The van der Waals surface area contributed by atoms with Crippen LogP contribution in [0.2, 0.25) is 5.02 Å². The molecule has 82 valence electrons. The van der Waals surface area contributed by atoms with E-state index in [1.807, 2.05) is 14.1 Å². The zero-order valence-electron chi connectivity index (χ0n) is 8.92. The number of nitrogens with one attached hydrogen (secondary N) is 1. The lowest BCUT2D eigenvalue weighted by Crippen LogP contribution is -3.06. The van der Waals surface area contributed by atoms with Crippen molar-refractivity contribution in [2.75, 3.05) is 27.2 Å². The maximum absolute atomic E-state index is 11.5. The van der Waals surface area contributed by atoms with Crippen LogP contribution in [0.4, 0.5) is 0 Å². The number of benzene rings is 1. The summed E-state index contributed by atoms with van der Waals surface area (Å²) in [5.74, 6) is -0.321. The van der Waals surface area contributed by atoms with Crippen LogP contribution in [0.3, 0.4) is 0 Å². The van der Waals surface area contributed by atoms with Gasteiger partial charge in [-0.15, -0.1) is 0 Å². The van der Waals surface area contributed by atoms with Crippen LogP contribution in [-0.4, -0.2) is 33.2 Å². The number of likely N-dealkylation sites (N-methyl/N-ethyl adjacent to an activating group) is 1. The van der Waals surface area contributed by atoms with Gasteiger partial charge in [0.05, 0.1) is 19.7 Å². The maximum atomic E-state index is 11.5. The number of ether oxygens (including phenoxy) is 1. The van der Waals surface area contributed by atoms with E-state index in [-0.39, 0.29) is 5.97 Å². The number of esters is 1. The number of halogens is 1. The van der Waals surface area contributed by atoms with Gasteiger partial charge in [0, 0.05) is 5.02 Å². The molecule has 15 heavy (non-hydrogen) atoms. The van der Waals surface area contributed by atoms with Gasteiger partial charge in [-0.3, -0.25) is 0 Å². The van der Waals surface area contributed by atoms with E-state index in [1.54, 1.807) is 24.3 Å². The summed E-state index contributed by atoms with van der Waals surface area (Å²) in [4.78, 5) is 12.7. The van der Waals surface area contributed by atoms with Gasteiger partial charge in [-0.25, -0.2) is 4.79 Å². The van der Waals surface area contributed by atoms with Crippen molar-refractivity contribution < 1.29 is 14.4 Å². The van der Waals surface area contributed by atoms with Gasteiger partial charge >= 0.3 is 5.97 Å². The molecule has 0 aromatic heterocycles. The Balaban J connectivity index is 2.47. The Morgan fingerprint density at radius 1 is 1.47 bits per heavy atom. The molecule has 0 radical (unpaired) electrons. The van der Waals surface area contributed by atoms with E-state index < -0.39 is 0 Å². The lowest BCUT2D eigenvalue weighted by atomic mass is 10.2. The summed E-state index contributed by atoms with van der Waals surface area (Å²) in [7, 11) is 4.01. The Labute approximate surface area is 94.6 Å². The number of hydrogen-bond donors (Lipinski definition) is 1. The zero-order chi connectivity index (χ0) is 11.3. The Hall–Kier alpha value is -1.06. The van der Waals surface area contributed by atoms with E-state index in [2.05, 4.69) is 0 Å². The van der Waals surface area contributed by atoms with Crippen LogP contribution >= 0.6 is 11.6 Å². The first-order valence-electron chi connectivity index (χ1n) is 4.81. The van der Waals surface area contributed by atoms with Gasteiger partial charge in [-0.05, 0) is 18.2 Å². The van der Waals surface area contributed by atoms with Gasteiger partial charge in [-0.2, -0.15) is 0 Å². The van der Waals surface area contributed by atoms with Crippen molar-refractivity contribution >= 4 is 17.6 Å². The molecule has 0 fully saturated rings. The predicted octanol–water partition coefficient (Wildman–Crippen LogP) is 0.641. The molecule has 0 aliphatic heterocycles. The molecule has 0 saturated heterocycles. The third-order valence-corrected chi connectivity index (χ3v) is 2.13. The molecule has 1 aromatic carbocycles.